The van der Waals surface area contributed by atoms with Gasteiger partial charge in [0, 0.05) is 23.9 Å². The maximum Gasteiger partial charge on any atom is 0.223 e. The second-order valence-electron chi connectivity index (χ2n) is 6.09. The van der Waals surface area contributed by atoms with E-state index < -0.39 is 0 Å². The Morgan fingerprint density at radius 3 is 2.83 bits per heavy atom. The normalized spacial score (nSPS) is 19.4. The third kappa shape index (κ3) is 3.17. The molecule has 5 heteroatoms. The van der Waals surface area contributed by atoms with Gasteiger partial charge >= 0.3 is 0 Å². The number of carbonyl (C=O) groups excluding carboxylic acids is 1. The SMILES string of the molecule is O=C(NCCc1nc2ccccc2s1)C1CC1c1ccccc1Cl. The van der Waals surface area contributed by atoms with Gasteiger partial charge in [-0.1, -0.05) is 41.9 Å². The summed E-state index contributed by atoms with van der Waals surface area (Å²) in [6.07, 6.45) is 1.66. The molecule has 4 rings (SSSR count). The molecule has 0 saturated heterocycles. The topological polar surface area (TPSA) is 42.0 Å². The molecule has 1 aromatic heterocycles. The molecule has 1 aliphatic rings. The van der Waals surface area contributed by atoms with Crippen molar-refractivity contribution in [1.29, 1.82) is 0 Å². The third-order valence-corrected chi connectivity index (χ3v) is 5.85. The Balaban J connectivity index is 1.31. The summed E-state index contributed by atoms with van der Waals surface area (Å²) in [6, 6.07) is 15.9. The van der Waals surface area contributed by atoms with E-state index in [0.29, 0.717) is 6.54 Å². The first-order chi connectivity index (χ1) is 11.7. The maximum absolute atomic E-state index is 12.3. The smallest absolute Gasteiger partial charge is 0.223 e. The molecule has 0 bridgehead atoms. The Hall–Kier alpha value is -1.91. The average Bonchev–Trinajstić information content (AvgIpc) is 3.27. The fourth-order valence-corrected chi connectivity index (χ4v) is 4.30. The number of carbonyl (C=O) groups is 1. The highest BCUT2D eigenvalue weighted by atomic mass is 35.5. The van der Waals surface area contributed by atoms with Gasteiger partial charge < -0.3 is 5.32 Å². The maximum atomic E-state index is 12.3. The number of hydrogen-bond acceptors (Lipinski definition) is 3. The van der Waals surface area contributed by atoms with Crippen molar-refractivity contribution >= 4 is 39.1 Å². The van der Waals surface area contributed by atoms with Crippen LogP contribution in [0.5, 0.6) is 0 Å². The van der Waals surface area contributed by atoms with E-state index in [1.54, 1.807) is 11.3 Å². The number of benzene rings is 2. The number of thiazole rings is 1. The van der Waals surface area contributed by atoms with Crippen LogP contribution in [0.1, 0.15) is 22.9 Å². The summed E-state index contributed by atoms with van der Waals surface area (Å²) >= 11 is 7.91. The summed E-state index contributed by atoms with van der Waals surface area (Å²) in [5.41, 5.74) is 2.12. The van der Waals surface area contributed by atoms with Crippen LogP contribution >= 0.6 is 22.9 Å². The summed E-state index contributed by atoms with van der Waals surface area (Å²) in [5.74, 6) is 0.447. The van der Waals surface area contributed by atoms with Crippen molar-refractivity contribution in [2.24, 2.45) is 5.92 Å². The van der Waals surface area contributed by atoms with Gasteiger partial charge in [-0.25, -0.2) is 4.98 Å². The predicted molar refractivity (Wildman–Crippen MR) is 98.6 cm³/mol. The van der Waals surface area contributed by atoms with Crippen LogP contribution in [0.3, 0.4) is 0 Å². The van der Waals surface area contributed by atoms with Gasteiger partial charge in [0.1, 0.15) is 0 Å². The minimum absolute atomic E-state index is 0.0558. The fourth-order valence-electron chi connectivity index (χ4n) is 3.05. The Bertz CT molecular complexity index is 859. The van der Waals surface area contributed by atoms with Crippen molar-refractivity contribution in [3.63, 3.8) is 0 Å². The number of fused-ring (bicyclic) bond motifs is 1. The summed E-state index contributed by atoms with van der Waals surface area (Å²) < 4.78 is 1.19. The van der Waals surface area contributed by atoms with Gasteiger partial charge in [0.25, 0.3) is 0 Å². The zero-order valence-electron chi connectivity index (χ0n) is 13.0. The summed E-state index contributed by atoms with van der Waals surface area (Å²) in [5, 5.41) is 4.86. The number of aromatic nitrogens is 1. The Kier molecular flexibility index (Phi) is 4.25. The first kappa shape index (κ1) is 15.6. The van der Waals surface area contributed by atoms with Crippen LogP contribution < -0.4 is 5.32 Å². The predicted octanol–water partition coefficient (Wildman–Crippen LogP) is 4.41. The van der Waals surface area contributed by atoms with E-state index in [9.17, 15) is 4.79 Å². The largest absolute Gasteiger partial charge is 0.355 e. The van der Waals surface area contributed by atoms with Crippen molar-refractivity contribution < 1.29 is 4.79 Å². The summed E-state index contributed by atoms with van der Waals surface area (Å²) in [7, 11) is 0. The molecule has 3 aromatic rings. The third-order valence-electron chi connectivity index (χ3n) is 4.41. The van der Waals surface area contributed by atoms with E-state index in [-0.39, 0.29) is 17.7 Å². The fraction of sp³-hybridized carbons (Fsp3) is 0.263. The number of hydrogen-bond donors (Lipinski definition) is 1. The Labute approximate surface area is 149 Å². The number of amides is 1. The van der Waals surface area contributed by atoms with Crippen molar-refractivity contribution in [3.05, 3.63) is 64.1 Å². The van der Waals surface area contributed by atoms with Crippen LogP contribution in [-0.2, 0) is 11.2 Å². The van der Waals surface area contributed by atoms with Crippen molar-refractivity contribution in [3.8, 4) is 0 Å². The number of nitrogens with zero attached hydrogens (tertiary/aromatic N) is 1. The molecule has 24 heavy (non-hydrogen) atoms. The molecule has 1 N–H and O–H groups in total. The van der Waals surface area contributed by atoms with Crippen LogP contribution in [0.4, 0.5) is 0 Å². The highest BCUT2D eigenvalue weighted by molar-refractivity contribution is 7.18. The number of halogens is 1. The molecule has 0 aliphatic heterocycles. The number of para-hydroxylation sites is 1. The molecule has 1 fully saturated rings. The summed E-state index contributed by atoms with van der Waals surface area (Å²) in [6.45, 7) is 0.629. The lowest BCUT2D eigenvalue weighted by atomic mass is 10.1. The second kappa shape index (κ2) is 6.54. The quantitative estimate of drug-likeness (QED) is 0.735. The van der Waals surface area contributed by atoms with Crippen LogP contribution in [0.15, 0.2) is 48.5 Å². The van der Waals surface area contributed by atoms with Gasteiger partial charge in [-0.2, -0.15) is 0 Å². The molecular weight excluding hydrogens is 340 g/mol. The lowest BCUT2D eigenvalue weighted by Crippen LogP contribution is -2.27. The van der Waals surface area contributed by atoms with Gasteiger partial charge in [-0.3, -0.25) is 4.79 Å². The standard InChI is InChI=1S/C19H17ClN2OS/c20-15-6-2-1-5-12(15)13-11-14(13)19(23)21-10-9-18-22-16-7-3-4-8-17(16)24-18/h1-8,13-14H,9-11H2,(H,21,23). The van der Waals surface area contributed by atoms with Crippen molar-refractivity contribution in [1.82, 2.24) is 10.3 Å². The number of nitrogens with one attached hydrogen (secondary N) is 1. The highest BCUT2D eigenvalue weighted by Crippen LogP contribution is 2.49. The highest BCUT2D eigenvalue weighted by Gasteiger charge is 2.44. The molecule has 1 heterocycles. The van der Waals surface area contributed by atoms with E-state index in [4.69, 9.17) is 11.6 Å². The zero-order valence-corrected chi connectivity index (χ0v) is 14.6. The molecular formula is C19H17ClN2OS. The molecule has 122 valence electrons. The van der Waals surface area contributed by atoms with Gasteiger partial charge in [-0.15, -0.1) is 11.3 Å². The second-order valence-corrected chi connectivity index (χ2v) is 7.61. The minimum Gasteiger partial charge on any atom is -0.355 e. The molecule has 1 amide bonds. The number of rotatable bonds is 5. The first-order valence-corrected chi connectivity index (χ1v) is 9.28. The molecule has 3 nitrogen and oxygen atoms in total. The molecule has 2 unspecified atom stereocenters. The van der Waals surface area contributed by atoms with E-state index in [2.05, 4.69) is 16.4 Å². The molecule has 0 spiro atoms. The lowest BCUT2D eigenvalue weighted by Gasteiger charge is -2.05. The van der Waals surface area contributed by atoms with Crippen molar-refractivity contribution in [2.75, 3.05) is 6.54 Å². The van der Waals surface area contributed by atoms with Gasteiger partial charge in [0.2, 0.25) is 5.91 Å². The van der Waals surface area contributed by atoms with Gasteiger partial charge in [-0.05, 0) is 36.1 Å². The Morgan fingerprint density at radius 1 is 1.21 bits per heavy atom. The monoisotopic (exact) mass is 356 g/mol. The lowest BCUT2D eigenvalue weighted by molar-refractivity contribution is -0.122. The summed E-state index contributed by atoms with van der Waals surface area (Å²) in [4.78, 5) is 16.9. The van der Waals surface area contributed by atoms with E-state index in [0.717, 1.165) is 34.0 Å². The van der Waals surface area contributed by atoms with Crippen LogP contribution in [0.25, 0.3) is 10.2 Å². The zero-order chi connectivity index (χ0) is 16.5. The van der Waals surface area contributed by atoms with E-state index >= 15 is 0 Å². The van der Waals surface area contributed by atoms with Gasteiger partial charge in [0.05, 0.1) is 15.2 Å². The minimum atomic E-state index is 0.0558. The van der Waals surface area contributed by atoms with Crippen LogP contribution in [0.2, 0.25) is 5.02 Å². The van der Waals surface area contributed by atoms with Crippen molar-refractivity contribution in [2.45, 2.75) is 18.8 Å². The Morgan fingerprint density at radius 2 is 2.00 bits per heavy atom. The molecule has 2 atom stereocenters. The van der Waals surface area contributed by atoms with Crippen LogP contribution in [-0.4, -0.2) is 17.4 Å². The molecule has 2 aromatic carbocycles. The van der Waals surface area contributed by atoms with E-state index in [1.165, 1.54) is 4.70 Å². The van der Waals surface area contributed by atoms with Crippen LogP contribution in [0, 0.1) is 5.92 Å². The molecule has 1 aliphatic carbocycles. The molecule has 1 saturated carbocycles. The average molecular weight is 357 g/mol. The van der Waals surface area contributed by atoms with E-state index in [1.807, 2.05) is 42.5 Å². The molecule has 0 radical (unpaired) electrons. The first-order valence-electron chi connectivity index (χ1n) is 8.09. The van der Waals surface area contributed by atoms with Gasteiger partial charge in [0.15, 0.2) is 0 Å².